The van der Waals surface area contributed by atoms with Crippen LogP contribution in [0, 0.1) is 17.3 Å². The standard InChI is InChI=1S/C24H37ClO3S/c1-2-14-24(15-5-16-24)22(26)9-4-8-19-17(10-12-20(19)25)6-3-7-18-11-13-21(29-18)23(27)28/h11,13,17,19-20,22,26H,2-10,12,14-16H2,1H3,(H,27,28)/t17-,19+,20-,22?/m0/s1. The maximum absolute atomic E-state index is 11.0. The molecule has 4 atom stereocenters. The van der Waals surface area contributed by atoms with E-state index in [1.54, 1.807) is 6.07 Å². The van der Waals surface area contributed by atoms with Crippen molar-refractivity contribution in [3.63, 3.8) is 0 Å². The summed E-state index contributed by atoms with van der Waals surface area (Å²) < 4.78 is 0. The molecule has 2 aliphatic carbocycles. The molecular weight excluding hydrogens is 404 g/mol. The van der Waals surface area contributed by atoms with Gasteiger partial charge in [-0.3, -0.25) is 0 Å². The zero-order chi connectivity index (χ0) is 20.9. The van der Waals surface area contributed by atoms with Crippen LogP contribution in [0.2, 0.25) is 0 Å². The van der Waals surface area contributed by atoms with Crippen molar-refractivity contribution in [1.29, 1.82) is 0 Å². The third-order valence-electron chi connectivity index (χ3n) is 7.57. The Labute approximate surface area is 184 Å². The second-order valence-corrected chi connectivity index (χ2v) is 11.1. The highest BCUT2D eigenvalue weighted by Crippen LogP contribution is 2.49. The Morgan fingerprint density at radius 1 is 1.28 bits per heavy atom. The van der Waals surface area contributed by atoms with Crippen LogP contribution in [0.3, 0.4) is 0 Å². The molecule has 5 heteroatoms. The van der Waals surface area contributed by atoms with Crippen molar-refractivity contribution in [1.82, 2.24) is 0 Å². The fraction of sp³-hybridized carbons (Fsp3) is 0.792. The number of hydrogen-bond donors (Lipinski definition) is 2. The van der Waals surface area contributed by atoms with Crippen molar-refractivity contribution in [3.8, 4) is 0 Å². The Balaban J connectivity index is 1.41. The molecule has 2 N–H and O–H groups in total. The Kier molecular flexibility index (Phi) is 8.47. The first kappa shape index (κ1) is 23.1. The van der Waals surface area contributed by atoms with E-state index in [0.717, 1.165) is 38.5 Å². The summed E-state index contributed by atoms with van der Waals surface area (Å²) in [6.45, 7) is 2.23. The van der Waals surface area contributed by atoms with E-state index in [9.17, 15) is 9.90 Å². The molecule has 0 aliphatic heterocycles. The molecule has 2 aliphatic rings. The van der Waals surface area contributed by atoms with E-state index in [4.69, 9.17) is 16.7 Å². The summed E-state index contributed by atoms with van der Waals surface area (Å²) in [6.07, 6.45) is 14.6. The van der Waals surface area contributed by atoms with Gasteiger partial charge in [0.2, 0.25) is 0 Å². The minimum atomic E-state index is -0.827. The van der Waals surface area contributed by atoms with Crippen LogP contribution >= 0.6 is 22.9 Å². The van der Waals surface area contributed by atoms with Gasteiger partial charge in [0.15, 0.2) is 0 Å². The van der Waals surface area contributed by atoms with Crippen molar-refractivity contribution in [2.75, 3.05) is 0 Å². The Morgan fingerprint density at radius 2 is 2.07 bits per heavy atom. The number of aliphatic hydroxyl groups excluding tert-OH is 1. The summed E-state index contributed by atoms with van der Waals surface area (Å²) in [5.41, 5.74) is 0.222. The van der Waals surface area contributed by atoms with Crippen LogP contribution in [0.15, 0.2) is 12.1 Å². The molecule has 1 aromatic rings. The van der Waals surface area contributed by atoms with Crippen LogP contribution in [-0.2, 0) is 6.42 Å². The van der Waals surface area contributed by atoms with Crippen molar-refractivity contribution >= 4 is 28.9 Å². The van der Waals surface area contributed by atoms with Crippen LogP contribution < -0.4 is 0 Å². The molecule has 0 amide bonds. The lowest BCUT2D eigenvalue weighted by Gasteiger charge is -2.46. The first-order valence-electron chi connectivity index (χ1n) is 11.6. The molecular formula is C24H37ClO3S. The highest BCUT2D eigenvalue weighted by Gasteiger charge is 2.42. The number of rotatable bonds is 12. The minimum Gasteiger partial charge on any atom is -0.477 e. The zero-order valence-corrected chi connectivity index (χ0v) is 19.3. The summed E-state index contributed by atoms with van der Waals surface area (Å²) in [5, 5.41) is 20.1. The predicted molar refractivity (Wildman–Crippen MR) is 121 cm³/mol. The molecule has 0 radical (unpaired) electrons. The molecule has 1 heterocycles. The van der Waals surface area contributed by atoms with Gasteiger partial charge in [-0.1, -0.05) is 26.2 Å². The molecule has 0 bridgehead atoms. The molecule has 0 spiro atoms. The Morgan fingerprint density at radius 3 is 2.69 bits per heavy atom. The van der Waals surface area contributed by atoms with E-state index in [2.05, 4.69) is 6.92 Å². The molecule has 2 fully saturated rings. The average molecular weight is 441 g/mol. The van der Waals surface area contributed by atoms with E-state index >= 15 is 0 Å². The number of hydrogen-bond acceptors (Lipinski definition) is 3. The number of alkyl halides is 1. The number of aryl methyl sites for hydroxylation is 1. The molecule has 3 nitrogen and oxygen atoms in total. The molecule has 164 valence electrons. The van der Waals surface area contributed by atoms with Crippen LogP contribution in [-0.4, -0.2) is 27.7 Å². The van der Waals surface area contributed by atoms with E-state index in [1.807, 2.05) is 6.07 Å². The zero-order valence-electron chi connectivity index (χ0n) is 17.7. The summed E-state index contributed by atoms with van der Waals surface area (Å²) in [4.78, 5) is 12.6. The van der Waals surface area contributed by atoms with Gasteiger partial charge in [0.05, 0.1) is 6.10 Å². The van der Waals surface area contributed by atoms with E-state index < -0.39 is 5.97 Å². The minimum absolute atomic E-state index is 0.132. The number of halogens is 1. The number of carboxylic acid groups (broad SMARTS) is 1. The fourth-order valence-corrected chi connectivity index (χ4v) is 7.12. The number of aromatic carboxylic acids is 1. The SMILES string of the molecule is CCCC1(C(O)CCC[C@@H]2[C@@H](CCCc3ccc(C(=O)O)s3)CC[C@@H]2Cl)CCC1. The average Bonchev–Trinajstić information content (AvgIpc) is 3.26. The van der Waals surface area contributed by atoms with Gasteiger partial charge < -0.3 is 10.2 Å². The summed E-state index contributed by atoms with van der Waals surface area (Å²) in [5.74, 6) is 0.430. The fourth-order valence-electron chi connectivity index (χ4n) is 5.77. The summed E-state index contributed by atoms with van der Waals surface area (Å²) in [6, 6.07) is 3.67. The lowest BCUT2D eigenvalue weighted by Crippen LogP contribution is -2.41. The molecule has 2 saturated carbocycles. The van der Waals surface area contributed by atoms with Crippen molar-refractivity contribution in [2.45, 2.75) is 102 Å². The van der Waals surface area contributed by atoms with Gasteiger partial charge >= 0.3 is 5.97 Å². The largest absolute Gasteiger partial charge is 0.477 e. The van der Waals surface area contributed by atoms with Crippen LogP contribution in [0.5, 0.6) is 0 Å². The van der Waals surface area contributed by atoms with Crippen LogP contribution in [0.4, 0.5) is 0 Å². The van der Waals surface area contributed by atoms with E-state index in [1.165, 1.54) is 61.2 Å². The highest BCUT2D eigenvalue weighted by molar-refractivity contribution is 7.13. The van der Waals surface area contributed by atoms with Crippen molar-refractivity contribution in [2.24, 2.45) is 17.3 Å². The van der Waals surface area contributed by atoms with E-state index in [-0.39, 0.29) is 16.9 Å². The molecule has 1 unspecified atom stereocenters. The third-order valence-corrected chi connectivity index (χ3v) is 9.25. The first-order chi connectivity index (χ1) is 13.9. The molecule has 0 saturated heterocycles. The van der Waals surface area contributed by atoms with Gasteiger partial charge in [0, 0.05) is 10.3 Å². The first-order valence-corrected chi connectivity index (χ1v) is 12.8. The van der Waals surface area contributed by atoms with Gasteiger partial charge in [-0.15, -0.1) is 22.9 Å². The summed E-state index contributed by atoms with van der Waals surface area (Å²) in [7, 11) is 0. The number of carbonyl (C=O) groups is 1. The number of aliphatic hydroxyl groups is 1. The topological polar surface area (TPSA) is 57.5 Å². The molecule has 29 heavy (non-hydrogen) atoms. The molecule has 3 rings (SSSR count). The van der Waals surface area contributed by atoms with Crippen LogP contribution in [0.25, 0.3) is 0 Å². The molecule has 0 aromatic carbocycles. The molecule has 1 aromatic heterocycles. The normalized spacial score (nSPS) is 26.9. The van der Waals surface area contributed by atoms with Crippen LogP contribution in [0.1, 0.15) is 98.5 Å². The second kappa shape index (κ2) is 10.6. The number of thiophene rings is 1. The number of carboxylic acids is 1. The monoisotopic (exact) mass is 440 g/mol. The Bertz CT molecular complexity index is 654. The van der Waals surface area contributed by atoms with Crippen molar-refractivity contribution < 1.29 is 15.0 Å². The van der Waals surface area contributed by atoms with Gasteiger partial charge in [-0.05, 0) is 93.6 Å². The second-order valence-electron chi connectivity index (χ2n) is 9.39. The van der Waals surface area contributed by atoms with Gasteiger partial charge in [-0.25, -0.2) is 4.79 Å². The van der Waals surface area contributed by atoms with E-state index in [0.29, 0.717) is 16.7 Å². The smallest absolute Gasteiger partial charge is 0.345 e. The van der Waals surface area contributed by atoms with Crippen molar-refractivity contribution in [3.05, 3.63) is 21.9 Å². The maximum Gasteiger partial charge on any atom is 0.345 e. The maximum atomic E-state index is 11.0. The van der Waals surface area contributed by atoms with Gasteiger partial charge in [-0.2, -0.15) is 0 Å². The van der Waals surface area contributed by atoms with Gasteiger partial charge in [0.1, 0.15) is 4.88 Å². The lowest BCUT2D eigenvalue weighted by atomic mass is 9.61. The van der Waals surface area contributed by atoms with Gasteiger partial charge in [0.25, 0.3) is 0 Å². The lowest BCUT2D eigenvalue weighted by molar-refractivity contribution is -0.0475. The predicted octanol–water partition coefficient (Wildman–Crippen LogP) is 6.90. The highest BCUT2D eigenvalue weighted by atomic mass is 35.5. The third kappa shape index (κ3) is 5.77. The summed E-state index contributed by atoms with van der Waals surface area (Å²) >= 11 is 8.08. The quantitative estimate of drug-likeness (QED) is 0.347. The Hall–Kier alpha value is -0.580.